The van der Waals surface area contributed by atoms with Crippen molar-refractivity contribution in [3.63, 3.8) is 0 Å². The number of carbonyl (C=O) groups excluding carboxylic acids is 2. The largest absolute Gasteiger partial charge is 0.496 e. The van der Waals surface area contributed by atoms with Gasteiger partial charge in [0, 0.05) is 51.3 Å². The van der Waals surface area contributed by atoms with Gasteiger partial charge in [-0.1, -0.05) is 23.8 Å². The van der Waals surface area contributed by atoms with Gasteiger partial charge >= 0.3 is 0 Å². The number of carbonyl (C=O) groups is 2. The van der Waals surface area contributed by atoms with Crippen LogP contribution in [0, 0.1) is 11.8 Å². The molecule has 1 atom stereocenters. The number of nitrogens with two attached hydrogens (primary N) is 1. The molecule has 1 unspecified atom stereocenters. The molecule has 0 spiro atoms. The monoisotopic (exact) mass is 488 g/mol. The fraction of sp³-hybridized carbons (Fsp3) is 0.615. The second kappa shape index (κ2) is 11.5. The number of rotatable bonds is 7. The third-order valence-corrected chi connectivity index (χ3v) is 7.85. The van der Waals surface area contributed by atoms with Crippen LogP contribution in [-0.2, 0) is 4.79 Å². The number of piperidine rings is 2. The molecule has 186 valence electrons. The predicted molar refractivity (Wildman–Crippen MR) is 135 cm³/mol. The molecule has 2 fully saturated rings. The maximum atomic E-state index is 12.8. The van der Waals surface area contributed by atoms with Crippen LogP contribution in [-0.4, -0.2) is 67.5 Å². The highest BCUT2D eigenvalue weighted by molar-refractivity contribution is 6.33. The number of ether oxygens (including phenoxy) is 1. The maximum absolute atomic E-state index is 12.8. The van der Waals surface area contributed by atoms with Crippen molar-refractivity contribution < 1.29 is 14.3 Å². The zero-order chi connectivity index (χ0) is 24.1. The van der Waals surface area contributed by atoms with E-state index in [0.717, 1.165) is 71.2 Å². The Balaban J connectivity index is 1.18. The SMILES string of the molecule is COc1cc(N)c(Cl)cc1C(=O)NC1CCN(CC2CCN(C(=O)CC3C=CCC3)CC2)CC1. The van der Waals surface area contributed by atoms with Crippen LogP contribution in [0.5, 0.6) is 5.75 Å². The number of methoxy groups -OCH3 is 1. The van der Waals surface area contributed by atoms with Gasteiger partial charge in [0.1, 0.15) is 5.75 Å². The Labute approximate surface area is 207 Å². The maximum Gasteiger partial charge on any atom is 0.255 e. The van der Waals surface area contributed by atoms with Crippen molar-refractivity contribution in [3.05, 3.63) is 34.9 Å². The molecular weight excluding hydrogens is 452 g/mol. The molecule has 0 radical (unpaired) electrons. The van der Waals surface area contributed by atoms with E-state index < -0.39 is 0 Å². The molecule has 34 heavy (non-hydrogen) atoms. The van der Waals surface area contributed by atoms with E-state index in [-0.39, 0.29) is 11.9 Å². The van der Waals surface area contributed by atoms with Crippen molar-refractivity contribution in [2.24, 2.45) is 11.8 Å². The number of halogens is 1. The first-order valence-electron chi connectivity index (χ1n) is 12.5. The van der Waals surface area contributed by atoms with Crippen molar-refractivity contribution >= 4 is 29.1 Å². The first-order valence-corrected chi connectivity index (χ1v) is 12.9. The lowest BCUT2D eigenvalue weighted by Crippen LogP contribution is -2.47. The van der Waals surface area contributed by atoms with Gasteiger partial charge in [-0.3, -0.25) is 9.59 Å². The number of likely N-dealkylation sites (tertiary alicyclic amines) is 2. The van der Waals surface area contributed by atoms with Crippen LogP contribution in [0.25, 0.3) is 0 Å². The molecule has 3 aliphatic rings. The number of amides is 2. The van der Waals surface area contributed by atoms with E-state index in [4.69, 9.17) is 22.1 Å². The number of nitrogens with zero attached hydrogens (tertiary/aromatic N) is 2. The van der Waals surface area contributed by atoms with E-state index >= 15 is 0 Å². The summed E-state index contributed by atoms with van der Waals surface area (Å²) in [5, 5.41) is 3.49. The Kier molecular flexibility index (Phi) is 8.37. The summed E-state index contributed by atoms with van der Waals surface area (Å²) < 4.78 is 5.31. The zero-order valence-electron chi connectivity index (χ0n) is 20.1. The van der Waals surface area contributed by atoms with Crippen LogP contribution < -0.4 is 15.8 Å². The third-order valence-electron chi connectivity index (χ3n) is 7.52. The highest BCUT2D eigenvalue weighted by atomic mass is 35.5. The molecular formula is C26H37ClN4O3. The normalized spacial score (nSPS) is 22.2. The standard InChI is InChI=1S/C26H37ClN4O3/c1-34-24-16-23(28)22(27)15-21(24)26(33)29-20-8-10-30(11-9-20)17-19-6-12-31(13-7-19)25(32)14-18-4-2-3-5-18/h2,4,15-16,18-20H,3,5-14,17,28H2,1H3,(H,29,33). The summed E-state index contributed by atoms with van der Waals surface area (Å²) in [6, 6.07) is 3.29. The minimum absolute atomic E-state index is 0.133. The highest BCUT2D eigenvalue weighted by Crippen LogP contribution is 2.29. The minimum Gasteiger partial charge on any atom is -0.496 e. The van der Waals surface area contributed by atoms with Gasteiger partial charge in [0.15, 0.2) is 0 Å². The molecule has 3 N–H and O–H groups in total. The van der Waals surface area contributed by atoms with E-state index in [1.807, 2.05) is 0 Å². The Bertz CT molecular complexity index is 906. The number of nitrogens with one attached hydrogen (secondary N) is 1. The Morgan fingerprint density at radius 1 is 1.12 bits per heavy atom. The molecule has 1 aromatic rings. The van der Waals surface area contributed by atoms with Gasteiger partial charge in [0.25, 0.3) is 5.91 Å². The van der Waals surface area contributed by atoms with Gasteiger partial charge in [-0.05, 0) is 56.4 Å². The van der Waals surface area contributed by atoms with Gasteiger partial charge in [-0.2, -0.15) is 0 Å². The van der Waals surface area contributed by atoms with Crippen LogP contribution in [0.4, 0.5) is 5.69 Å². The lowest BCUT2D eigenvalue weighted by molar-refractivity contribution is -0.133. The molecule has 2 amide bonds. The molecule has 0 bridgehead atoms. The molecule has 2 heterocycles. The van der Waals surface area contributed by atoms with Gasteiger partial charge in [-0.25, -0.2) is 0 Å². The molecule has 2 saturated heterocycles. The lowest BCUT2D eigenvalue weighted by Gasteiger charge is -2.38. The molecule has 1 aromatic carbocycles. The van der Waals surface area contributed by atoms with Crippen molar-refractivity contribution in [1.82, 2.24) is 15.1 Å². The summed E-state index contributed by atoms with van der Waals surface area (Å²) in [5.74, 6) is 1.67. The summed E-state index contributed by atoms with van der Waals surface area (Å²) in [4.78, 5) is 30.0. The van der Waals surface area contributed by atoms with Gasteiger partial charge in [0.05, 0.1) is 23.4 Å². The fourth-order valence-electron chi connectivity index (χ4n) is 5.39. The molecule has 0 aromatic heterocycles. The summed E-state index contributed by atoms with van der Waals surface area (Å²) >= 11 is 6.11. The molecule has 7 nitrogen and oxygen atoms in total. The number of nitrogen functional groups attached to an aromatic ring is 1. The van der Waals surface area contributed by atoms with Crippen molar-refractivity contribution in [3.8, 4) is 5.75 Å². The van der Waals surface area contributed by atoms with E-state index in [2.05, 4.69) is 27.3 Å². The number of benzene rings is 1. The average Bonchev–Trinajstić information content (AvgIpc) is 3.35. The van der Waals surface area contributed by atoms with Crippen LogP contribution >= 0.6 is 11.6 Å². The number of hydrogen-bond acceptors (Lipinski definition) is 5. The zero-order valence-corrected chi connectivity index (χ0v) is 20.9. The highest BCUT2D eigenvalue weighted by Gasteiger charge is 2.28. The van der Waals surface area contributed by atoms with Crippen molar-refractivity contribution in [2.75, 3.05) is 45.6 Å². The van der Waals surface area contributed by atoms with Crippen LogP contribution in [0.1, 0.15) is 55.3 Å². The van der Waals surface area contributed by atoms with E-state index in [0.29, 0.717) is 46.2 Å². The first kappa shape index (κ1) is 24.9. The molecule has 8 heteroatoms. The summed E-state index contributed by atoms with van der Waals surface area (Å²) in [6.07, 6.45) is 11.3. The van der Waals surface area contributed by atoms with E-state index in [1.54, 1.807) is 12.1 Å². The average molecular weight is 489 g/mol. The Morgan fingerprint density at radius 2 is 1.85 bits per heavy atom. The topological polar surface area (TPSA) is 87.9 Å². The second-order valence-electron chi connectivity index (χ2n) is 9.92. The third kappa shape index (κ3) is 6.25. The fourth-order valence-corrected chi connectivity index (χ4v) is 5.55. The summed E-state index contributed by atoms with van der Waals surface area (Å²) in [5.41, 5.74) is 6.63. The quantitative estimate of drug-likeness (QED) is 0.451. The number of allylic oxidation sites excluding steroid dienone is 2. The van der Waals surface area contributed by atoms with E-state index in [9.17, 15) is 9.59 Å². The Morgan fingerprint density at radius 3 is 2.50 bits per heavy atom. The van der Waals surface area contributed by atoms with Crippen LogP contribution in [0.2, 0.25) is 5.02 Å². The molecule has 1 aliphatic carbocycles. The van der Waals surface area contributed by atoms with Gasteiger partial charge < -0.3 is 25.6 Å². The Hall–Kier alpha value is -2.25. The van der Waals surface area contributed by atoms with Crippen molar-refractivity contribution in [1.29, 1.82) is 0 Å². The summed E-state index contributed by atoms with van der Waals surface area (Å²) in [6.45, 7) is 4.79. The number of anilines is 1. The minimum atomic E-state index is -0.178. The van der Waals surface area contributed by atoms with Crippen LogP contribution in [0.3, 0.4) is 0 Å². The van der Waals surface area contributed by atoms with Crippen LogP contribution in [0.15, 0.2) is 24.3 Å². The predicted octanol–water partition coefficient (Wildman–Crippen LogP) is 3.72. The second-order valence-corrected chi connectivity index (χ2v) is 10.3. The number of hydrogen-bond donors (Lipinski definition) is 2. The molecule has 2 aliphatic heterocycles. The van der Waals surface area contributed by atoms with Crippen molar-refractivity contribution in [2.45, 2.75) is 51.0 Å². The van der Waals surface area contributed by atoms with E-state index in [1.165, 1.54) is 7.11 Å². The lowest BCUT2D eigenvalue weighted by atomic mass is 9.94. The van der Waals surface area contributed by atoms with Gasteiger partial charge in [-0.15, -0.1) is 0 Å². The molecule has 4 rings (SSSR count). The smallest absolute Gasteiger partial charge is 0.255 e. The first-order chi connectivity index (χ1) is 16.4. The molecule has 0 saturated carbocycles. The van der Waals surface area contributed by atoms with Gasteiger partial charge in [0.2, 0.25) is 5.91 Å². The summed E-state index contributed by atoms with van der Waals surface area (Å²) in [7, 11) is 1.52.